The van der Waals surface area contributed by atoms with Gasteiger partial charge in [-0.15, -0.1) is 0 Å². The van der Waals surface area contributed by atoms with Gasteiger partial charge in [-0.25, -0.2) is 9.18 Å². The lowest BCUT2D eigenvalue weighted by Gasteiger charge is -2.23. The average molecular weight is 308 g/mol. The summed E-state index contributed by atoms with van der Waals surface area (Å²) in [6.45, 7) is 7.69. The molecular weight excluding hydrogens is 287 g/mol. The predicted molar refractivity (Wildman–Crippen MR) is 79.8 cm³/mol. The zero-order chi connectivity index (χ0) is 16.9. The molecule has 2 N–H and O–H groups in total. The largest absolute Gasteiger partial charge is 0.462 e. The third kappa shape index (κ3) is 4.79. The molecule has 6 heteroatoms. The normalized spacial score (nSPS) is 12.6. The van der Waals surface area contributed by atoms with E-state index < -0.39 is 23.5 Å². The Bertz CT molecular complexity index is 588. The molecule has 1 aromatic rings. The molecular formula is C16H21FN2O3. The van der Waals surface area contributed by atoms with E-state index in [2.05, 4.69) is 5.32 Å². The van der Waals surface area contributed by atoms with E-state index in [4.69, 9.17) is 10.00 Å². The van der Waals surface area contributed by atoms with Gasteiger partial charge in [0.15, 0.2) is 0 Å². The van der Waals surface area contributed by atoms with Crippen LogP contribution in [0.15, 0.2) is 12.1 Å². The van der Waals surface area contributed by atoms with Gasteiger partial charge in [0, 0.05) is 12.1 Å². The number of esters is 1. The number of aliphatic hydroxyl groups is 1. The van der Waals surface area contributed by atoms with Crippen molar-refractivity contribution in [1.82, 2.24) is 5.32 Å². The van der Waals surface area contributed by atoms with Crippen molar-refractivity contribution >= 4 is 5.97 Å². The van der Waals surface area contributed by atoms with E-state index in [-0.39, 0.29) is 29.8 Å². The lowest BCUT2D eigenvalue weighted by Crippen LogP contribution is -2.38. The number of benzene rings is 1. The number of nitrogens with one attached hydrogen (secondary N) is 1. The summed E-state index contributed by atoms with van der Waals surface area (Å²) < 4.78 is 18.9. The van der Waals surface area contributed by atoms with E-state index in [0.717, 1.165) is 6.07 Å². The molecule has 0 saturated carbocycles. The van der Waals surface area contributed by atoms with E-state index >= 15 is 0 Å². The summed E-state index contributed by atoms with van der Waals surface area (Å²) in [7, 11) is 0. The fourth-order valence-electron chi connectivity index (χ4n) is 1.84. The molecule has 0 heterocycles. The van der Waals surface area contributed by atoms with Gasteiger partial charge in [0.2, 0.25) is 0 Å². The van der Waals surface area contributed by atoms with Crippen LogP contribution in [0.3, 0.4) is 0 Å². The van der Waals surface area contributed by atoms with Gasteiger partial charge < -0.3 is 15.2 Å². The van der Waals surface area contributed by atoms with Gasteiger partial charge in [0.25, 0.3) is 0 Å². The smallest absolute Gasteiger partial charge is 0.342 e. The molecule has 0 saturated heterocycles. The number of hydrogen-bond donors (Lipinski definition) is 2. The molecule has 120 valence electrons. The zero-order valence-electron chi connectivity index (χ0n) is 13.2. The monoisotopic (exact) mass is 308 g/mol. The highest BCUT2D eigenvalue weighted by Gasteiger charge is 2.22. The number of aliphatic hydroxyl groups excluding tert-OH is 1. The first-order valence-corrected chi connectivity index (χ1v) is 7.03. The number of carbonyl (C=O) groups is 1. The Hall–Kier alpha value is -1.97. The van der Waals surface area contributed by atoms with Crippen molar-refractivity contribution < 1.29 is 19.0 Å². The van der Waals surface area contributed by atoms with Crippen LogP contribution in [0.5, 0.6) is 0 Å². The fourth-order valence-corrected chi connectivity index (χ4v) is 1.84. The maximum absolute atomic E-state index is 14.1. The highest BCUT2D eigenvalue weighted by molar-refractivity contribution is 5.92. The van der Waals surface area contributed by atoms with E-state index in [1.54, 1.807) is 13.0 Å². The molecule has 0 fully saturated rings. The Morgan fingerprint density at radius 3 is 2.64 bits per heavy atom. The molecule has 1 unspecified atom stereocenters. The third-order valence-corrected chi connectivity index (χ3v) is 2.92. The number of nitrogens with zero attached hydrogens (tertiary/aromatic N) is 1. The molecule has 0 aromatic heterocycles. The second kappa shape index (κ2) is 7.34. The molecule has 1 rings (SSSR count). The van der Waals surface area contributed by atoms with Crippen molar-refractivity contribution in [3.63, 3.8) is 0 Å². The van der Waals surface area contributed by atoms with Gasteiger partial charge in [-0.2, -0.15) is 5.26 Å². The number of rotatable bonds is 5. The maximum atomic E-state index is 14.1. The van der Waals surface area contributed by atoms with E-state index in [1.807, 2.05) is 20.8 Å². The zero-order valence-corrected chi connectivity index (χ0v) is 13.2. The lowest BCUT2D eigenvalue weighted by atomic mass is 10.00. The fraction of sp³-hybridized carbons (Fsp3) is 0.500. The summed E-state index contributed by atoms with van der Waals surface area (Å²) in [6.07, 6.45) is -0.989. The van der Waals surface area contributed by atoms with Crippen molar-refractivity contribution in [3.8, 4) is 6.07 Å². The van der Waals surface area contributed by atoms with Crippen molar-refractivity contribution in [3.05, 3.63) is 34.6 Å². The van der Waals surface area contributed by atoms with Crippen molar-refractivity contribution in [1.29, 1.82) is 5.26 Å². The number of nitriles is 1. The Morgan fingerprint density at radius 2 is 2.14 bits per heavy atom. The average Bonchev–Trinajstić information content (AvgIpc) is 2.43. The van der Waals surface area contributed by atoms with Crippen molar-refractivity contribution in [2.24, 2.45) is 0 Å². The lowest BCUT2D eigenvalue weighted by molar-refractivity contribution is 0.0520. The Kier molecular flexibility index (Phi) is 6.03. The quantitative estimate of drug-likeness (QED) is 0.816. The summed E-state index contributed by atoms with van der Waals surface area (Å²) in [5, 5.41) is 22.3. The minimum absolute atomic E-state index is 0.0863. The predicted octanol–water partition coefficient (Wildman–Crippen LogP) is 2.30. The standard InChI is InChI=1S/C16H21FN2O3/c1-5-22-15(21)14-11(8-18)6-10(7-12(14)17)13(20)9-19-16(2,3)4/h6-7,13,19-20H,5,9H2,1-4H3. The summed E-state index contributed by atoms with van der Waals surface area (Å²) >= 11 is 0. The van der Waals surface area contributed by atoms with Crippen LogP contribution in [0.1, 0.15) is 55.3 Å². The number of ether oxygens (including phenoxy) is 1. The van der Waals surface area contributed by atoms with E-state index in [9.17, 15) is 14.3 Å². The third-order valence-electron chi connectivity index (χ3n) is 2.92. The van der Waals surface area contributed by atoms with Crippen LogP contribution >= 0.6 is 0 Å². The number of hydrogen-bond acceptors (Lipinski definition) is 5. The van der Waals surface area contributed by atoms with Crippen LogP contribution in [-0.2, 0) is 4.74 Å². The summed E-state index contributed by atoms with van der Waals surface area (Å²) in [5.41, 5.74) is -0.520. The van der Waals surface area contributed by atoms with Gasteiger partial charge in [-0.05, 0) is 45.4 Å². The molecule has 0 aliphatic heterocycles. The summed E-state index contributed by atoms with van der Waals surface area (Å²) in [4.78, 5) is 11.7. The van der Waals surface area contributed by atoms with Gasteiger partial charge in [-0.3, -0.25) is 0 Å². The number of carbonyl (C=O) groups excluding carboxylic acids is 1. The number of β-amino-alcohol motifs (C(OH)–C–C–N with tert-alkyl or cyclic N) is 1. The van der Waals surface area contributed by atoms with E-state index in [0.29, 0.717) is 0 Å². The molecule has 1 aromatic carbocycles. The van der Waals surface area contributed by atoms with Crippen LogP contribution in [0.25, 0.3) is 0 Å². The minimum Gasteiger partial charge on any atom is -0.462 e. The van der Waals surface area contributed by atoms with Crippen LogP contribution < -0.4 is 5.32 Å². The molecule has 22 heavy (non-hydrogen) atoms. The molecule has 0 aliphatic carbocycles. The van der Waals surface area contributed by atoms with Crippen LogP contribution in [0, 0.1) is 17.1 Å². The molecule has 0 bridgehead atoms. The Balaban J connectivity index is 3.08. The molecule has 0 radical (unpaired) electrons. The van der Waals surface area contributed by atoms with Crippen molar-refractivity contribution in [2.45, 2.75) is 39.3 Å². The second-order valence-corrected chi connectivity index (χ2v) is 5.90. The van der Waals surface area contributed by atoms with Crippen LogP contribution in [0.4, 0.5) is 4.39 Å². The number of halogens is 1. The highest BCUT2D eigenvalue weighted by atomic mass is 19.1. The first-order chi connectivity index (χ1) is 10.2. The SMILES string of the molecule is CCOC(=O)c1c(F)cc(C(O)CNC(C)(C)C)cc1C#N. The topological polar surface area (TPSA) is 82.3 Å². The molecule has 0 aliphatic rings. The van der Waals surface area contributed by atoms with Gasteiger partial charge in [-0.1, -0.05) is 0 Å². The summed E-state index contributed by atoms with van der Waals surface area (Å²) in [5.74, 6) is -1.76. The first kappa shape index (κ1) is 18.1. The molecule has 5 nitrogen and oxygen atoms in total. The summed E-state index contributed by atoms with van der Waals surface area (Å²) in [6, 6.07) is 4.14. The maximum Gasteiger partial charge on any atom is 0.342 e. The minimum atomic E-state index is -0.989. The van der Waals surface area contributed by atoms with Crippen LogP contribution in [-0.4, -0.2) is 29.8 Å². The van der Waals surface area contributed by atoms with E-state index in [1.165, 1.54) is 6.07 Å². The first-order valence-electron chi connectivity index (χ1n) is 7.03. The Morgan fingerprint density at radius 1 is 1.50 bits per heavy atom. The molecule has 0 amide bonds. The molecule has 1 atom stereocenters. The highest BCUT2D eigenvalue weighted by Crippen LogP contribution is 2.22. The van der Waals surface area contributed by atoms with Crippen LogP contribution in [0.2, 0.25) is 0 Å². The van der Waals surface area contributed by atoms with Gasteiger partial charge in [0.05, 0.1) is 18.3 Å². The van der Waals surface area contributed by atoms with Gasteiger partial charge in [0.1, 0.15) is 17.4 Å². The van der Waals surface area contributed by atoms with Gasteiger partial charge >= 0.3 is 5.97 Å². The molecule has 0 spiro atoms. The van der Waals surface area contributed by atoms with Crippen molar-refractivity contribution in [2.75, 3.05) is 13.2 Å². The Labute approximate surface area is 129 Å². The second-order valence-electron chi connectivity index (χ2n) is 5.90.